The second kappa shape index (κ2) is 5.84. The van der Waals surface area contributed by atoms with Crippen molar-refractivity contribution in [3.8, 4) is 0 Å². The molecular weight excluding hydrogens is 306 g/mol. The molecule has 102 valence electrons. The third-order valence-electron chi connectivity index (χ3n) is 3.21. The highest BCUT2D eigenvalue weighted by molar-refractivity contribution is 9.10. The highest BCUT2D eigenvalue weighted by Crippen LogP contribution is 2.26. The van der Waals surface area contributed by atoms with Gasteiger partial charge in [-0.1, -0.05) is 6.07 Å². The zero-order valence-corrected chi connectivity index (χ0v) is 13.0. The van der Waals surface area contributed by atoms with Crippen LogP contribution in [0.15, 0.2) is 22.8 Å². The molecule has 0 fully saturated rings. The normalized spacial score (nSPS) is 12.7. The van der Waals surface area contributed by atoms with E-state index in [0.29, 0.717) is 6.42 Å². The van der Waals surface area contributed by atoms with E-state index in [-0.39, 0.29) is 0 Å². The van der Waals surface area contributed by atoms with E-state index in [4.69, 9.17) is 0 Å². The highest BCUT2D eigenvalue weighted by Gasteiger charge is 2.19. The van der Waals surface area contributed by atoms with E-state index in [9.17, 15) is 5.11 Å². The Morgan fingerprint density at radius 3 is 2.79 bits per heavy atom. The van der Waals surface area contributed by atoms with Crippen molar-refractivity contribution in [3.05, 3.63) is 45.4 Å². The lowest BCUT2D eigenvalue weighted by atomic mass is 10.1. The molecular formula is C14H18BrN3O. The van der Waals surface area contributed by atoms with Crippen molar-refractivity contribution >= 4 is 15.9 Å². The third-order valence-corrected chi connectivity index (χ3v) is 4.24. The summed E-state index contributed by atoms with van der Waals surface area (Å²) in [6.07, 6.45) is 1.61. The van der Waals surface area contributed by atoms with Crippen LogP contribution in [0.25, 0.3) is 0 Å². The van der Waals surface area contributed by atoms with E-state index < -0.39 is 6.10 Å². The summed E-state index contributed by atoms with van der Waals surface area (Å²) in [6, 6.07) is 3.84. The van der Waals surface area contributed by atoms with Gasteiger partial charge in [0.25, 0.3) is 0 Å². The third kappa shape index (κ3) is 2.87. The van der Waals surface area contributed by atoms with E-state index in [1.807, 2.05) is 37.6 Å². The van der Waals surface area contributed by atoms with Gasteiger partial charge in [-0.2, -0.15) is 5.10 Å². The zero-order valence-electron chi connectivity index (χ0n) is 11.4. The predicted octanol–water partition coefficient (Wildman–Crippen LogP) is 2.95. The Hall–Kier alpha value is -1.20. The molecule has 4 nitrogen and oxygen atoms in total. The fourth-order valence-corrected chi connectivity index (χ4v) is 2.64. The van der Waals surface area contributed by atoms with Gasteiger partial charge in [-0.25, -0.2) is 0 Å². The van der Waals surface area contributed by atoms with Crippen molar-refractivity contribution in [2.75, 3.05) is 0 Å². The zero-order chi connectivity index (χ0) is 14.0. The topological polar surface area (TPSA) is 50.9 Å². The quantitative estimate of drug-likeness (QED) is 0.941. The Morgan fingerprint density at radius 1 is 1.42 bits per heavy atom. The minimum Gasteiger partial charge on any atom is -0.386 e. The Bertz CT molecular complexity index is 580. The van der Waals surface area contributed by atoms with Crippen molar-refractivity contribution in [1.29, 1.82) is 0 Å². The maximum atomic E-state index is 10.4. The number of hydrogen-bond acceptors (Lipinski definition) is 3. The molecule has 0 radical (unpaired) electrons. The van der Waals surface area contributed by atoms with E-state index in [0.717, 1.165) is 33.7 Å². The monoisotopic (exact) mass is 323 g/mol. The van der Waals surface area contributed by atoms with Crippen LogP contribution in [0, 0.1) is 13.8 Å². The molecule has 1 N–H and O–H groups in total. The number of hydrogen-bond donors (Lipinski definition) is 1. The van der Waals surface area contributed by atoms with E-state index in [1.165, 1.54) is 0 Å². The first kappa shape index (κ1) is 14.2. The minimum atomic E-state index is -0.612. The fourth-order valence-electron chi connectivity index (χ4n) is 2.19. The lowest BCUT2D eigenvalue weighted by Crippen LogP contribution is -2.11. The molecule has 0 saturated carbocycles. The number of aliphatic hydroxyl groups is 1. The largest absolute Gasteiger partial charge is 0.386 e. The molecule has 0 aliphatic rings. The number of aryl methyl sites for hydroxylation is 3. The van der Waals surface area contributed by atoms with Gasteiger partial charge in [-0.05, 0) is 48.3 Å². The molecule has 0 aliphatic carbocycles. The van der Waals surface area contributed by atoms with Crippen molar-refractivity contribution < 1.29 is 5.11 Å². The van der Waals surface area contributed by atoms with Gasteiger partial charge in [0.2, 0.25) is 0 Å². The highest BCUT2D eigenvalue weighted by atomic mass is 79.9. The van der Waals surface area contributed by atoms with Crippen LogP contribution in [0.2, 0.25) is 0 Å². The number of rotatable bonds is 4. The van der Waals surface area contributed by atoms with E-state index in [2.05, 4.69) is 26.0 Å². The van der Waals surface area contributed by atoms with Crippen LogP contribution in [0.5, 0.6) is 0 Å². The van der Waals surface area contributed by atoms with Gasteiger partial charge >= 0.3 is 0 Å². The van der Waals surface area contributed by atoms with Crippen LogP contribution in [0.1, 0.15) is 35.7 Å². The fraction of sp³-hybridized carbons (Fsp3) is 0.429. The molecule has 0 bridgehead atoms. The predicted molar refractivity (Wildman–Crippen MR) is 78.0 cm³/mol. The molecule has 19 heavy (non-hydrogen) atoms. The van der Waals surface area contributed by atoms with Crippen molar-refractivity contribution in [3.63, 3.8) is 0 Å². The second-order valence-corrected chi connectivity index (χ2v) is 5.38. The van der Waals surface area contributed by atoms with Crippen LogP contribution in [-0.4, -0.2) is 19.9 Å². The molecule has 2 rings (SSSR count). The second-order valence-electron chi connectivity index (χ2n) is 4.59. The van der Waals surface area contributed by atoms with Gasteiger partial charge < -0.3 is 5.11 Å². The smallest absolute Gasteiger partial charge is 0.102 e. The summed E-state index contributed by atoms with van der Waals surface area (Å²) in [6.45, 7) is 6.75. The summed E-state index contributed by atoms with van der Waals surface area (Å²) < 4.78 is 2.89. The Morgan fingerprint density at radius 2 is 2.16 bits per heavy atom. The van der Waals surface area contributed by atoms with Crippen LogP contribution < -0.4 is 0 Å². The van der Waals surface area contributed by atoms with Gasteiger partial charge in [-0.15, -0.1) is 0 Å². The van der Waals surface area contributed by atoms with Gasteiger partial charge in [0, 0.05) is 19.2 Å². The maximum absolute atomic E-state index is 10.4. The summed E-state index contributed by atoms with van der Waals surface area (Å²) in [5, 5.41) is 14.8. The van der Waals surface area contributed by atoms with Crippen LogP contribution >= 0.6 is 15.9 Å². The summed E-state index contributed by atoms with van der Waals surface area (Å²) in [7, 11) is 0. The van der Waals surface area contributed by atoms with Crippen LogP contribution in [0.4, 0.5) is 0 Å². The van der Waals surface area contributed by atoms with E-state index >= 15 is 0 Å². The van der Waals surface area contributed by atoms with Gasteiger partial charge in [0.15, 0.2) is 0 Å². The van der Waals surface area contributed by atoms with E-state index in [1.54, 1.807) is 6.20 Å². The molecule has 0 aromatic carbocycles. The number of nitrogens with zero attached hydrogens (tertiary/aromatic N) is 3. The van der Waals surface area contributed by atoms with Crippen molar-refractivity contribution in [2.24, 2.45) is 0 Å². The number of aliphatic hydroxyl groups excluding tert-OH is 1. The number of aromatic nitrogens is 3. The molecule has 0 spiro atoms. The van der Waals surface area contributed by atoms with Gasteiger partial charge in [-0.3, -0.25) is 9.67 Å². The minimum absolute atomic E-state index is 0.507. The van der Waals surface area contributed by atoms with Gasteiger partial charge in [0.05, 0.1) is 21.6 Å². The lowest BCUT2D eigenvalue weighted by molar-refractivity contribution is 0.169. The molecule has 0 aliphatic heterocycles. The summed E-state index contributed by atoms with van der Waals surface area (Å²) >= 11 is 3.55. The van der Waals surface area contributed by atoms with Crippen molar-refractivity contribution in [1.82, 2.24) is 14.8 Å². The summed E-state index contributed by atoms with van der Waals surface area (Å²) in [4.78, 5) is 4.27. The maximum Gasteiger partial charge on any atom is 0.102 e. The first-order valence-electron chi connectivity index (χ1n) is 6.36. The first-order chi connectivity index (χ1) is 9.04. The molecule has 2 aromatic rings. The Labute approximate surface area is 121 Å². The average Bonchev–Trinajstić information content (AvgIpc) is 2.67. The van der Waals surface area contributed by atoms with Crippen LogP contribution in [0.3, 0.4) is 0 Å². The molecule has 2 aromatic heterocycles. The number of halogens is 1. The first-order valence-corrected chi connectivity index (χ1v) is 7.15. The SMILES string of the molecule is CCn1nc(C)c(Br)c1CC(O)c1ncccc1C. The number of pyridine rings is 1. The van der Waals surface area contributed by atoms with Crippen LogP contribution in [-0.2, 0) is 13.0 Å². The molecule has 5 heteroatoms. The molecule has 0 saturated heterocycles. The van der Waals surface area contributed by atoms with Crippen molar-refractivity contribution in [2.45, 2.75) is 39.8 Å². The standard InChI is InChI=1S/C14H18BrN3O/c1-4-18-11(13(15)10(3)17-18)8-12(19)14-9(2)6-5-7-16-14/h5-7,12,19H,4,8H2,1-3H3. The lowest BCUT2D eigenvalue weighted by Gasteiger charge is -2.13. The molecule has 1 atom stereocenters. The average molecular weight is 324 g/mol. The molecule has 0 amide bonds. The Kier molecular flexibility index (Phi) is 4.37. The Balaban J connectivity index is 2.29. The summed E-state index contributed by atoms with van der Waals surface area (Å²) in [5.41, 5.74) is 3.70. The summed E-state index contributed by atoms with van der Waals surface area (Å²) in [5.74, 6) is 0. The molecule has 2 heterocycles. The molecule has 1 unspecified atom stereocenters. The van der Waals surface area contributed by atoms with Gasteiger partial charge in [0.1, 0.15) is 6.10 Å².